The van der Waals surface area contributed by atoms with Gasteiger partial charge < -0.3 is 10.2 Å². The number of piperidine rings is 1. The lowest BCUT2D eigenvalue weighted by molar-refractivity contribution is -0.121. The van der Waals surface area contributed by atoms with E-state index < -0.39 is 0 Å². The third-order valence-corrected chi connectivity index (χ3v) is 9.14. The molecular formula is C27H31N3OS. The number of fused-ring (bicyclic) bond motifs is 1. The molecule has 3 heterocycles. The number of unbranched alkanes of at least 4 members (excludes halogenated alkanes) is 1. The van der Waals surface area contributed by atoms with Crippen LogP contribution in [-0.2, 0) is 16.6 Å². The first-order valence-electron chi connectivity index (χ1n) is 12.2. The zero-order chi connectivity index (χ0) is 21.5. The molecule has 0 saturated carbocycles. The van der Waals surface area contributed by atoms with Gasteiger partial charge in [0.25, 0.3) is 0 Å². The van der Waals surface area contributed by atoms with Crippen LogP contribution in [0.25, 0.3) is 10.2 Å². The fraction of sp³-hybridized carbons (Fsp3) is 0.481. The van der Waals surface area contributed by atoms with Crippen molar-refractivity contribution < 1.29 is 4.79 Å². The first-order valence-corrected chi connectivity index (χ1v) is 13.1. The molecule has 1 atom stereocenters. The van der Waals surface area contributed by atoms with E-state index in [1.54, 1.807) is 0 Å². The van der Waals surface area contributed by atoms with E-state index in [-0.39, 0.29) is 11.3 Å². The van der Waals surface area contributed by atoms with E-state index >= 15 is 0 Å². The molecule has 4 nitrogen and oxygen atoms in total. The zero-order valence-electron chi connectivity index (χ0n) is 18.6. The highest BCUT2D eigenvalue weighted by Gasteiger charge is 2.48. The molecule has 5 heteroatoms. The monoisotopic (exact) mass is 445 g/mol. The number of hydrogen-bond acceptors (Lipinski definition) is 4. The number of aryl methyl sites for hydroxylation is 1. The summed E-state index contributed by atoms with van der Waals surface area (Å²) in [5.74, 6) is 0.859. The highest BCUT2D eigenvalue weighted by molar-refractivity contribution is 7.18. The van der Waals surface area contributed by atoms with Crippen molar-refractivity contribution in [1.29, 1.82) is 0 Å². The number of rotatable bonds is 6. The van der Waals surface area contributed by atoms with E-state index in [0.717, 1.165) is 49.9 Å². The number of carbonyl (C=O) groups is 1. The summed E-state index contributed by atoms with van der Waals surface area (Å²) in [5.41, 5.74) is 4.68. The van der Waals surface area contributed by atoms with Gasteiger partial charge in [0.05, 0.1) is 20.6 Å². The van der Waals surface area contributed by atoms with E-state index in [1.807, 2.05) is 11.3 Å². The SMILES string of the molecule is O=C1Nc2cccc3c2C1(CCCCN1CCC(c2nc4ccccc4s2)CC1)CCC3. The second kappa shape index (κ2) is 8.27. The normalized spacial score (nSPS) is 23.4. The maximum Gasteiger partial charge on any atom is 0.235 e. The van der Waals surface area contributed by atoms with E-state index in [2.05, 4.69) is 52.7 Å². The molecule has 1 N–H and O–H groups in total. The molecule has 0 bridgehead atoms. The molecule has 1 amide bonds. The quantitative estimate of drug-likeness (QED) is 0.483. The smallest absolute Gasteiger partial charge is 0.235 e. The lowest BCUT2D eigenvalue weighted by Gasteiger charge is -2.34. The van der Waals surface area contributed by atoms with Crippen LogP contribution in [-0.4, -0.2) is 35.4 Å². The van der Waals surface area contributed by atoms with Gasteiger partial charge in [-0.3, -0.25) is 4.79 Å². The number of amides is 1. The van der Waals surface area contributed by atoms with Gasteiger partial charge in [-0.05, 0) is 93.9 Å². The fourth-order valence-electron chi connectivity index (χ4n) is 6.25. The molecule has 2 aliphatic heterocycles. The first kappa shape index (κ1) is 20.4. The Bertz CT molecular complexity index is 1110. The largest absolute Gasteiger partial charge is 0.325 e. The van der Waals surface area contributed by atoms with E-state index in [0.29, 0.717) is 5.92 Å². The standard InChI is InChI=1S/C27H31N3OS/c31-26-27(15-6-8-19-7-5-10-22(29-26)24(19)27)14-3-4-16-30-17-12-20(13-18-30)25-28-21-9-1-2-11-23(21)32-25/h1-2,5,7,9-11,20H,3-4,6,8,12-18H2,(H,29,31). The van der Waals surface area contributed by atoms with Crippen LogP contribution in [0.2, 0.25) is 0 Å². The first-order chi connectivity index (χ1) is 15.7. The second-order valence-electron chi connectivity index (χ2n) is 9.82. The van der Waals surface area contributed by atoms with Crippen molar-refractivity contribution in [2.24, 2.45) is 0 Å². The summed E-state index contributed by atoms with van der Waals surface area (Å²) in [6, 6.07) is 14.9. The average molecular weight is 446 g/mol. The summed E-state index contributed by atoms with van der Waals surface area (Å²) in [7, 11) is 0. The third kappa shape index (κ3) is 3.46. The summed E-state index contributed by atoms with van der Waals surface area (Å²) in [4.78, 5) is 20.5. The Morgan fingerprint density at radius 1 is 1.09 bits per heavy atom. The molecular weight excluding hydrogens is 414 g/mol. The van der Waals surface area contributed by atoms with Gasteiger partial charge in [0.2, 0.25) is 5.91 Å². The lowest BCUT2D eigenvalue weighted by atomic mass is 9.68. The van der Waals surface area contributed by atoms with Crippen molar-refractivity contribution in [3.63, 3.8) is 0 Å². The van der Waals surface area contributed by atoms with Crippen LogP contribution in [0, 0.1) is 0 Å². The number of anilines is 1. The number of thiazole rings is 1. The highest BCUT2D eigenvalue weighted by atomic mass is 32.1. The molecule has 3 aliphatic rings. The third-order valence-electron chi connectivity index (χ3n) is 7.94. The summed E-state index contributed by atoms with van der Waals surface area (Å²) in [5, 5.41) is 4.51. The minimum atomic E-state index is -0.260. The minimum Gasteiger partial charge on any atom is -0.325 e. The number of carbonyl (C=O) groups excluding carboxylic acids is 1. The Hall–Kier alpha value is -2.24. The average Bonchev–Trinajstić information content (AvgIpc) is 3.38. The Balaban J connectivity index is 1.02. The molecule has 166 valence electrons. The van der Waals surface area contributed by atoms with Gasteiger partial charge in [-0.25, -0.2) is 4.98 Å². The van der Waals surface area contributed by atoms with Crippen LogP contribution in [0.15, 0.2) is 42.5 Å². The Labute approximate surface area is 194 Å². The van der Waals surface area contributed by atoms with Crippen molar-refractivity contribution in [1.82, 2.24) is 9.88 Å². The predicted octanol–water partition coefficient (Wildman–Crippen LogP) is 5.87. The van der Waals surface area contributed by atoms with Crippen molar-refractivity contribution in [3.05, 3.63) is 58.6 Å². The van der Waals surface area contributed by atoms with E-state index in [4.69, 9.17) is 4.98 Å². The molecule has 2 aromatic carbocycles. The lowest BCUT2D eigenvalue weighted by Crippen LogP contribution is -2.37. The molecule has 1 aromatic heterocycles. The molecule has 1 saturated heterocycles. The van der Waals surface area contributed by atoms with Gasteiger partial charge >= 0.3 is 0 Å². The van der Waals surface area contributed by atoms with Crippen molar-refractivity contribution in [2.45, 2.75) is 62.7 Å². The molecule has 32 heavy (non-hydrogen) atoms. The van der Waals surface area contributed by atoms with Crippen molar-refractivity contribution >= 4 is 33.1 Å². The van der Waals surface area contributed by atoms with Crippen LogP contribution in [0.1, 0.15) is 67.0 Å². The molecule has 0 radical (unpaired) electrons. The van der Waals surface area contributed by atoms with E-state index in [9.17, 15) is 4.79 Å². The second-order valence-corrected chi connectivity index (χ2v) is 10.9. The van der Waals surface area contributed by atoms with Gasteiger partial charge in [0.1, 0.15) is 0 Å². The Morgan fingerprint density at radius 3 is 2.84 bits per heavy atom. The van der Waals surface area contributed by atoms with Crippen molar-refractivity contribution in [3.8, 4) is 0 Å². The number of nitrogens with zero attached hydrogens (tertiary/aromatic N) is 2. The number of para-hydroxylation sites is 1. The highest BCUT2D eigenvalue weighted by Crippen LogP contribution is 2.49. The number of aromatic nitrogens is 1. The summed E-state index contributed by atoms with van der Waals surface area (Å²) in [6.07, 6.45) is 8.97. The van der Waals surface area contributed by atoms with Gasteiger partial charge in [-0.2, -0.15) is 0 Å². The van der Waals surface area contributed by atoms with Crippen LogP contribution in [0.3, 0.4) is 0 Å². The molecule has 6 rings (SSSR count). The topological polar surface area (TPSA) is 45.2 Å². The van der Waals surface area contributed by atoms with Gasteiger partial charge in [-0.1, -0.05) is 30.7 Å². The molecule has 1 aliphatic carbocycles. The number of nitrogens with one attached hydrogen (secondary N) is 1. The maximum atomic E-state index is 13.0. The predicted molar refractivity (Wildman–Crippen MR) is 132 cm³/mol. The van der Waals surface area contributed by atoms with Gasteiger partial charge in [0, 0.05) is 11.6 Å². The van der Waals surface area contributed by atoms with E-state index in [1.165, 1.54) is 53.2 Å². The van der Waals surface area contributed by atoms with Crippen molar-refractivity contribution in [2.75, 3.05) is 25.0 Å². The van der Waals surface area contributed by atoms with Crippen LogP contribution < -0.4 is 5.32 Å². The maximum absolute atomic E-state index is 13.0. The Kier molecular flexibility index (Phi) is 5.27. The minimum absolute atomic E-state index is 0.247. The number of benzene rings is 2. The molecule has 1 fully saturated rings. The zero-order valence-corrected chi connectivity index (χ0v) is 19.4. The Morgan fingerprint density at radius 2 is 1.97 bits per heavy atom. The number of likely N-dealkylation sites (tertiary alicyclic amines) is 1. The van der Waals surface area contributed by atoms with Gasteiger partial charge in [-0.15, -0.1) is 11.3 Å². The summed E-state index contributed by atoms with van der Waals surface area (Å²) < 4.78 is 1.31. The van der Waals surface area contributed by atoms with Crippen LogP contribution in [0.4, 0.5) is 5.69 Å². The molecule has 3 aromatic rings. The molecule has 0 spiro atoms. The van der Waals surface area contributed by atoms with Crippen LogP contribution >= 0.6 is 11.3 Å². The fourth-order valence-corrected chi connectivity index (χ4v) is 7.38. The van der Waals surface area contributed by atoms with Gasteiger partial charge in [0.15, 0.2) is 0 Å². The number of hydrogen-bond donors (Lipinski definition) is 1. The van der Waals surface area contributed by atoms with Crippen LogP contribution in [0.5, 0.6) is 0 Å². The summed E-state index contributed by atoms with van der Waals surface area (Å²) in [6.45, 7) is 3.48. The molecule has 1 unspecified atom stereocenters. The summed E-state index contributed by atoms with van der Waals surface area (Å²) >= 11 is 1.88.